The molecule has 0 aliphatic carbocycles. The number of hydrogen-bond acceptors (Lipinski definition) is 7. The fourth-order valence-corrected chi connectivity index (χ4v) is 4.51. The molecule has 3 aromatic rings. The number of benzene rings is 1. The second-order valence-corrected chi connectivity index (χ2v) is 7.96. The molecule has 4 rings (SSSR count). The van der Waals surface area contributed by atoms with E-state index in [9.17, 15) is 14.0 Å². The molecule has 10 heteroatoms. The summed E-state index contributed by atoms with van der Waals surface area (Å²) in [7, 11) is 1.61. The molecule has 30 heavy (non-hydrogen) atoms. The average molecular weight is 431 g/mol. The van der Waals surface area contributed by atoms with E-state index in [4.69, 9.17) is 4.74 Å². The fourth-order valence-electron chi connectivity index (χ4n) is 3.53. The van der Waals surface area contributed by atoms with Crippen LogP contribution in [0.5, 0.6) is 5.75 Å². The van der Waals surface area contributed by atoms with Gasteiger partial charge in [0.05, 0.1) is 12.8 Å². The van der Waals surface area contributed by atoms with Gasteiger partial charge >= 0.3 is 5.56 Å². The lowest BCUT2D eigenvalue weighted by atomic mass is 10.2. The van der Waals surface area contributed by atoms with Crippen molar-refractivity contribution in [2.45, 2.75) is 38.8 Å². The summed E-state index contributed by atoms with van der Waals surface area (Å²) in [5.74, 6) is -0.222. The summed E-state index contributed by atoms with van der Waals surface area (Å²) in [5.41, 5.74) is 0.288. The molecule has 1 fully saturated rings. The van der Waals surface area contributed by atoms with Gasteiger partial charge in [0.15, 0.2) is 0 Å². The number of anilines is 1. The topological polar surface area (TPSA) is 88.8 Å². The maximum atomic E-state index is 14.1. The molecule has 1 aromatic carbocycles. The number of carbonyl (C=O) groups is 1. The largest absolute Gasteiger partial charge is 0.497 e. The van der Waals surface area contributed by atoms with Gasteiger partial charge in [-0.05, 0) is 37.0 Å². The summed E-state index contributed by atoms with van der Waals surface area (Å²) in [6, 6.07) is 7.10. The zero-order valence-corrected chi connectivity index (χ0v) is 17.5. The molecule has 1 unspecified atom stereocenters. The van der Waals surface area contributed by atoms with Gasteiger partial charge in [-0.25, -0.2) is 4.98 Å². The minimum absolute atomic E-state index is 0.108. The predicted molar refractivity (Wildman–Crippen MR) is 112 cm³/mol. The van der Waals surface area contributed by atoms with Crippen molar-refractivity contribution in [2.75, 3.05) is 18.6 Å². The van der Waals surface area contributed by atoms with Crippen LogP contribution in [0.1, 0.15) is 31.0 Å². The molecule has 1 N–H and O–H groups in total. The molecule has 0 bridgehead atoms. The predicted octanol–water partition coefficient (Wildman–Crippen LogP) is 2.15. The molecule has 3 heterocycles. The SMILES string of the molecule is CCc1nc2sc(N3CCCC3C(=O)NCc3ccc(OC)cc3)nn2c(=O)c1F. The number of aryl methyl sites for hydroxylation is 1. The van der Waals surface area contributed by atoms with Crippen LogP contribution in [0.2, 0.25) is 0 Å². The average Bonchev–Trinajstić information content (AvgIpc) is 3.42. The van der Waals surface area contributed by atoms with Crippen molar-refractivity contribution in [1.82, 2.24) is 19.9 Å². The lowest BCUT2D eigenvalue weighted by Gasteiger charge is -2.22. The van der Waals surface area contributed by atoms with Crippen LogP contribution in [-0.4, -0.2) is 40.2 Å². The van der Waals surface area contributed by atoms with Crippen molar-refractivity contribution in [3.05, 3.63) is 51.7 Å². The molecule has 158 valence electrons. The Morgan fingerprint density at radius 2 is 2.13 bits per heavy atom. The number of methoxy groups -OCH3 is 1. The summed E-state index contributed by atoms with van der Waals surface area (Å²) in [6.45, 7) is 2.78. The second-order valence-electron chi connectivity index (χ2n) is 7.03. The Balaban J connectivity index is 1.52. The summed E-state index contributed by atoms with van der Waals surface area (Å²) < 4.78 is 20.2. The van der Waals surface area contributed by atoms with Crippen LogP contribution in [0, 0.1) is 5.82 Å². The minimum Gasteiger partial charge on any atom is -0.497 e. The van der Waals surface area contributed by atoms with E-state index in [0.29, 0.717) is 36.0 Å². The molecule has 0 spiro atoms. The number of rotatable bonds is 6. The third-order valence-electron chi connectivity index (χ3n) is 5.18. The van der Waals surface area contributed by atoms with Gasteiger partial charge < -0.3 is 15.0 Å². The van der Waals surface area contributed by atoms with E-state index in [1.165, 1.54) is 11.3 Å². The van der Waals surface area contributed by atoms with Gasteiger partial charge in [-0.15, -0.1) is 5.10 Å². The van der Waals surface area contributed by atoms with Crippen molar-refractivity contribution in [1.29, 1.82) is 0 Å². The molecule has 1 amide bonds. The Bertz CT molecular complexity index is 1130. The normalized spacial score (nSPS) is 16.2. The first kappa shape index (κ1) is 20.3. The van der Waals surface area contributed by atoms with E-state index in [-0.39, 0.29) is 11.6 Å². The maximum absolute atomic E-state index is 14.1. The van der Waals surface area contributed by atoms with E-state index >= 15 is 0 Å². The molecule has 0 radical (unpaired) electrons. The Morgan fingerprint density at radius 3 is 2.83 bits per heavy atom. The third kappa shape index (κ3) is 3.74. The van der Waals surface area contributed by atoms with E-state index in [1.54, 1.807) is 14.0 Å². The minimum atomic E-state index is -0.873. The van der Waals surface area contributed by atoms with Crippen molar-refractivity contribution >= 4 is 27.3 Å². The Labute approximate surface area is 176 Å². The standard InChI is InChI=1S/C20H22FN5O3S/c1-3-14-16(21)18(28)26-19(23-14)30-20(24-26)25-10-4-5-15(25)17(27)22-11-12-6-8-13(29-2)9-7-12/h6-9,15H,3-5,10-11H2,1-2H3,(H,22,27). The van der Waals surface area contributed by atoms with E-state index in [1.807, 2.05) is 29.2 Å². The van der Waals surface area contributed by atoms with Crippen LogP contribution < -0.4 is 20.5 Å². The fraction of sp³-hybridized carbons (Fsp3) is 0.400. The van der Waals surface area contributed by atoms with Crippen LogP contribution in [0.3, 0.4) is 0 Å². The highest BCUT2D eigenvalue weighted by atomic mass is 32.1. The molecule has 0 saturated carbocycles. The number of aromatic nitrogens is 3. The maximum Gasteiger partial charge on any atom is 0.311 e. The van der Waals surface area contributed by atoms with Gasteiger partial charge in [-0.3, -0.25) is 9.59 Å². The molecular weight excluding hydrogens is 409 g/mol. The quantitative estimate of drug-likeness (QED) is 0.643. The lowest BCUT2D eigenvalue weighted by molar-refractivity contribution is -0.122. The van der Waals surface area contributed by atoms with E-state index < -0.39 is 17.4 Å². The Morgan fingerprint density at radius 1 is 1.37 bits per heavy atom. The second kappa shape index (κ2) is 8.39. The number of nitrogens with zero attached hydrogens (tertiary/aromatic N) is 4. The van der Waals surface area contributed by atoms with Gasteiger partial charge in [-0.1, -0.05) is 30.4 Å². The van der Waals surface area contributed by atoms with E-state index in [2.05, 4.69) is 15.4 Å². The highest BCUT2D eigenvalue weighted by Gasteiger charge is 2.33. The first-order chi connectivity index (χ1) is 14.5. The molecule has 1 atom stereocenters. The van der Waals surface area contributed by atoms with Crippen LogP contribution in [0.25, 0.3) is 4.96 Å². The lowest BCUT2D eigenvalue weighted by Crippen LogP contribution is -2.43. The van der Waals surface area contributed by atoms with Crippen LogP contribution >= 0.6 is 11.3 Å². The highest BCUT2D eigenvalue weighted by Crippen LogP contribution is 2.29. The molecule has 1 aliphatic rings. The first-order valence-electron chi connectivity index (χ1n) is 9.77. The zero-order valence-electron chi connectivity index (χ0n) is 16.7. The van der Waals surface area contributed by atoms with Gasteiger partial charge in [0.25, 0.3) is 0 Å². The number of ether oxygens (including phenoxy) is 1. The van der Waals surface area contributed by atoms with Gasteiger partial charge in [0.1, 0.15) is 11.8 Å². The molecule has 8 nitrogen and oxygen atoms in total. The van der Waals surface area contributed by atoms with Crippen LogP contribution in [0.15, 0.2) is 29.1 Å². The number of halogens is 1. The number of nitrogens with one attached hydrogen (secondary N) is 1. The van der Waals surface area contributed by atoms with Crippen molar-refractivity contribution in [2.24, 2.45) is 0 Å². The number of amides is 1. The highest BCUT2D eigenvalue weighted by molar-refractivity contribution is 7.20. The summed E-state index contributed by atoms with van der Waals surface area (Å²) >= 11 is 1.19. The van der Waals surface area contributed by atoms with Crippen LogP contribution in [0.4, 0.5) is 9.52 Å². The molecule has 2 aromatic heterocycles. The van der Waals surface area contributed by atoms with Gasteiger partial charge in [-0.2, -0.15) is 8.91 Å². The molecule has 1 aliphatic heterocycles. The third-order valence-corrected chi connectivity index (χ3v) is 6.12. The summed E-state index contributed by atoms with van der Waals surface area (Å²) in [5, 5.41) is 7.71. The summed E-state index contributed by atoms with van der Waals surface area (Å²) in [4.78, 5) is 31.5. The molecule has 1 saturated heterocycles. The first-order valence-corrected chi connectivity index (χ1v) is 10.6. The molecular formula is C20H22FN5O3S. The summed E-state index contributed by atoms with van der Waals surface area (Å²) in [6.07, 6.45) is 1.83. The smallest absolute Gasteiger partial charge is 0.311 e. The van der Waals surface area contributed by atoms with Crippen molar-refractivity contribution in [3.8, 4) is 5.75 Å². The zero-order chi connectivity index (χ0) is 21.3. The van der Waals surface area contributed by atoms with Crippen molar-refractivity contribution in [3.63, 3.8) is 0 Å². The monoisotopic (exact) mass is 431 g/mol. The number of carbonyl (C=O) groups excluding carboxylic acids is 1. The Hall–Kier alpha value is -3.01. The Kier molecular flexibility index (Phi) is 5.67. The van der Waals surface area contributed by atoms with E-state index in [0.717, 1.165) is 22.2 Å². The number of fused-ring (bicyclic) bond motifs is 1. The van der Waals surface area contributed by atoms with Crippen molar-refractivity contribution < 1.29 is 13.9 Å². The van der Waals surface area contributed by atoms with Crippen LogP contribution in [-0.2, 0) is 17.8 Å². The van der Waals surface area contributed by atoms with Gasteiger partial charge in [0.2, 0.25) is 21.8 Å². The van der Waals surface area contributed by atoms with Gasteiger partial charge in [0, 0.05) is 13.1 Å². The number of hydrogen-bond donors (Lipinski definition) is 1.